The highest BCUT2D eigenvalue weighted by Crippen LogP contribution is 2.06. The van der Waals surface area contributed by atoms with Gasteiger partial charge in [0, 0.05) is 13.3 Å². The Bertz CT molecular complexity index is 591. The molecule has 0 aromatic rings. The van der Waals surface area contributed by atoms with Crippen LogP contribution in [0.5, 0.6) is 0 Å². The van der Waals surface area contributed by atoms with Gasteiger partial charge < -0.3 is 31.6 Å². The average Bonchev–Trinajstić information content (AvgIpc) is 2.53. The van der Waals surface area contributed by atoms with Crippen LogP contribution in [0, 0.1) is 5.92 Å². The van der Waals surface area contributed by atoms with Crippen LogP contribution in [0.2, 0.25) is 0 Å². The van der Waals surface area contributed by atoms with Crippen molar-refractivity contribution in [2.45, 2.75) is 58.2 Å². The summed E-state index contributed by atoms with van der Waals surface area (Å²) < 4.78 is 0. The van der Waals surface area contributed by atoms with Gasteiger partial charge in [-0.15, -0.1) is 0 Å². The highest BCUT2D eigenvalue weighted by molar-refractivity contribution is 5.93. The number of hydrogen-bond acceptors (Lipinski definition) is 6. The monoisotopic (exact) mass is 386 g/mol. The number of carbonyl (C=O) groups excluding carboxylic acids is 5. The maximum atomic E-state index is 12.4. The van der Waals surface area contributed by atoms with Crippen LogP contribution in [0.3, 0.4) is 0 Å². The number of carboxylic acid groups (broad SMARTS) is 1. The fraction of sp³-hybridized carbons (Fsp3) is 0.625. The molecule has 0 saturated heterocycles. The number of primary amides is 1. The van der Waals surface area contributed by atoms with Gasteiger partial charge in [0.15, 0.2) is 0 Å². The molecule has 0 aromatic carbocycles. The van der Waals surface area contributed by atoms with Gasteiger partial charge in [0.1, 0.15) is 18.4 Å². The summed E-state index contributed by atoms with van der Waals surface area (Å²) in [5.41, 5.74) is 5.00. The highest BCUT2D eigenvalue weighted by atomic mass is 16.4. The first-order chi connectivity index (χ1) is 12.5. The second-order valence-corrected chi connectivity index (χ2v) is 6.34. The molecule has 0 fully saturated rings. The summed E-state index contributed by atoms with van der Waals surface area (Å²) in [6, 6.07) is -3.35. The van der Waals surface area contributed by atoms with Crippen LogP contribution in [-0.2, 0) is 28.8 Å². The van der Waals surface area contributed by atoms with Crippen LogP contribution in [0.1, 0.15) is 40.0 Å². The van der Waals surface area contributed by atoms with E-state index in [4.69, 9.17) is 10.8 Å². The van der Waals surface area contributed by atoms with Crippen LogP contribution in [0.15, 0.2) is 0 Å². The van der Waals surface area contributed by atoms with Crippen LogP contribution in [0.4, 0.5) is 0 Å². The molecule has 0 heterocycles. The lowest BCUT2D eigenvalue weighted by molar-refractivity contribution is -0.138. The van der Waals surface area contributed by atoms with Gasteiger partial charge in [-0.2, -0.15) is 0 Å². The predicted octanol–water partition coefficient (Wildman–Crippen LogP) is -1.94. The second kappa shape index (κ2) is 11.6. The van der Waals surface area contributed by atoms with Crippen LogP contribution in [0.25, 0.3) is 0 Å². The molecule has 0 aliphatic heterocycles. The van der Waals surface area contributed by atoms with Gasteiger partial charge in [-0.1, -0.05) is 13.8 Å². The van der Waals surface area contributed by atoms with Crippen molar-refractivity contribution >= 4 is 35.9 Å². The number of carbonyl (C=O) groups is 6. The summed E-state index contributed by atoms with van der Waals surface area (Å²) in [7, 11) is 0. The Hall–Kier alpha value is -2.98. The van der Waals surface area contributed by atoms with Crippen molar-refractivity contribution in [3.05, 3.63) is 0 Å². The SMILES string of the molecule is CC(=O)N[C@@H](CCC(=O)O)C(=O)N[C@H](C(=O)N[C@H](C=O)CC(N)=O)C(C)C. The smallest absolute Gasteiger partial charge is 0.303 e. The number of amides is 4. The van der Waals surface area contributed by atoms with E-state index in [-0.39, 0.29) is 19.3 Å². The summed E-state index contributed by atoms with van der Waals surface area (Å²) in [5.74, 6) is -4.30. The minimum atomic E-state index is -1.14. The van der Waals surface area contributed by atoms with Crippen LogP contribution in [-0.4, -0.2) is 59.1 Å². The molecule has 11 nitrogen and oxygen atoms in total. The van der Waals surface area contributed by atoms with Crippen LogP contribution < -0.4 is 21.7 Å². The van der Waals surface area contributed by atoms with Crippen molar-refractivity contribution in [2.24, 2.45) is 11.7 Å². The molecule has 0 spiro atoms. The fourth-order valence-corrected chi connectivity index (χ4v) is 2.19. The Labute approximate surface area is 156 Å². The zero-order valence-electron chi connectivity index (χ0n) is 15.5. The average molecular weight is 386 g/mol. The molecule has 11 heteroatoms. The van der Waals surface area contributed by atoms with E-state index in [2.05, 4.69) is 16.0 Å². The Morgan fingerprint density at radius 1 is 1.04 bits per heavy atom. The fourth-order valence-electron chi connectivity index (χ4n) is 2.19. The van der Waals surface area contributed by atoms with Gasteiger partial charge in [0.2, 0.25) is 23.6 Å². The van der Waals surface area contributed by atoms with Crippen molar-refractivity contribution in [3.8, 4) is 0 Å². The van der Waals surface area contributed by atoms with E-state index in [1.807, 2.05) is 0 Å². The number of nitrogens with two attached hydrogens (primary N) is 1. The standard InChI is InChI=1S/C16H26N4O7/c1-8(2)14(16(27)19-10(7-21)6-12(17)23)20-15(26)11(18-9(3)22)4-5-13(24)25/h7-8,10-11,14H,4-6H2,1-3H3,(H2,17,23)(H,18,22)(H,19,27)(H,20,26)(H,24,25)/t10-,11-,14-/m0/s1. The quantitative estimate of drug-likeness (QED) is 0.241. The molecular formula is C16H26N4O7. The lowest BCUT2D eigenvalue weighted by atomic mass is 10.0. The van der Waals surface area contributed by atoms with Gasteiger partial charge in [-0.05, 0) is 12.3 Å². The van der Waals surface area contributed by atoms with E-state index in [0.717, 1.165) is 0 Å². The molecule has 6 N–H and O–H groups in total. The third-order valence-corrected chi connectivity index (χ3v) is 3.50. The number of nitrogens with one attached hydrogen (secondary N) is 3. The largest absolute Gasteiger partial charge is 0.481 e. The summed E-state index contributed by atoms with van der Waals surface area (Å²) in [6.07, 6.45) is -0.551. The molecule has 0 aromatic heterocycles. The van der Waals surface area contributed by atoms with Gasteiger partial charge >= 0.3 is 5.97 Å². The van der Waals surface area contributed by atoms with Crippen molar-refractivity contribution in [1.82, 2.24) is 16.0 Å². The molecule has 0 saturated carbocycles. The molecule has 152 valence electrons. The molecule has 27 heavy (non-hydrogen) atoms. The molecule has 0 rings (SSSR count). The molecule has 0 unspecified atom stereocenters. The number of aldehydes is 1. The van der Waals surface area contributed by atoms with E-state index >= 15 is 0 Å². The maximum absolute atomic E-state index is 12.4. The van der Waals surface area contributed by atoms with Crippen molar-refractivity contribution < 1.29 is 33.9 Å². The van der Waals surface area contributed by atoms with Crippen molar-refractivity contribution in [2.75, 3.05) is 0 Å². The first kappa shape index (κ1) is 24.0. The second-order valence-electron chi connectivity index (χ2n) is 6.34. The topological polar surface area (TPSA) is 185 Å². The van der Waals surface area contributed by atoms with E-state index in [0.29, 0.717) is 6.29 Å². The molecule has 4 amide bonds. The van der Waals surface area contributed by atoms with E-state index < -0.39 is 53.6 Å². The maximum Gasteiger partial charge on any atom is 0.303 e. The Morgan fingerprint density at radius 3 is 2.04 bits per heavy atom. The summed E-state index contributed by atoms with van der Waals surface area (Å²) in [6.45, 7) is 4.45. The Morgan fingerprint density at radius 2 is 1.63 bits per heavy atom. The number of rotatable bonds is 12. The number of carboxylic acids is 1. The first-order valence-electron chi connectivity index (χ1n) is 8.31. The minimum Gasteiger partial charge on any atom is -0.481 e. The number of aliphatic carboxylic acids is 1. The van der Waals surface area contributed by atoms with Gasteiger partial charge in [-0.3, -0.25) is 24.0 Å². The molecule has 0 bridgehead atoms. The van der Waals surface area contributed by atoms with E-state index in [9.17, 15) is 28.8 Å². The first-order valence-corrected chi connectivity index (χ1v) is 8.31. The molecule has 0 aliphatic rings. The third kappa shape index (κ3) is 9.92. The lowest BCUT2D eigenvalue weighted by Crippen LogP contribution is -2.57. The van der Waals surface area contributed by atoms with Crippen molar-refractivity contribution in [3.63, 3.8) is 0 Å². The van der Waals surface area contributed by atoms with Gasteiger partial charge in [-0.25, -0.2) is 0 Å². The normalized spacial score (nSPS) is 13.8. The predicted molar refractivity (Wildman–Crippen MR) is 93.0 cm³/mol. The van der Waals surface area contributed by atoms with Gasteiger partial charge in [0.05, 0.1) is 12.5 Å². The molecule has 0 aliphatic carbocycles. The van der Waals surface area contributed by atoms with Crippen molar-refractivity contribution in [1.29, 1.82) is 0 Å². The Kier molecular flexibility index (Phi) is 10.3. The summed E-state index contributed by atoms with van der Waals surface area (Å²) in [4.78, 5) is 68.6. The lowest BCUT2D eigenvalue weighted by Gasteiger charge is -2.26. The molecular weight excluding hydrogens is 360 g/mol. The van der Waals surface area contributed by atoms with E-state index in [1.54, 1.807) is 13.8 Å². The summed E-state index contributed by atoms with van der Waals surface area (Å²) >= 11 is 0. The summed E-state index contributed by atoms with van der Waals surface area (Å²) in [5, 5.41) is 15.8. The van der Waals surface area contributed by atoms with Gasteiger partial charge in [0.25, 0.3) is 0 Å². The third-order valence-electron chi connectivity index (χ3n) is 3.50. The zero-order valence-corrected chi connectivity index (χ0v) is 15.5. The molecule has 3 atom stereocenters. The zero-order chi connectivity index (χ0) is 21.1. The van der Waals surface area contributed by atoms with E-state index in [1.165, 1.54) is 6.92 Å². The van der Waals surface area contributed by atoms with Crippen LogP contribution >= 0.6 is 0 Å². The Balaban J connectivity index is 5.16. The number of hydrogen-bond donors (Lipinski definition) is 5. The highest BCUT2D eigenvalue weighted by Gasteiger charge is 2.30. The molecule has 0 radical (unpaired) electrons. The minimum absolute atomic E-state index is 0.161.